The summed E-state index contributed by atoms with van der Waals surface area (Å²) in [5.41, 5.74) is 12.2. The topological polar surface area (TPSA) is 67.3 Å². The summed E-state index contributed by atoms with van der Waals surface area (Å²) in [7, 11) is 0. The molecule has 15 rings (SSSR count). The number of para-hydroxylation sites is 6. The monoisotopic (exact) mass is 1010 g/mol. The van der Waals surface area contributed by atoms with E-state index < -0.39 is 11.7 Å². The number of rotatable bonds is 6. The number of hydrogen-bond acceptors (Lipinski definition) is 2. The molecule has 0 saturated carbocycles. The van der Waals surface area contributed by atoms with Crippen LogP contribution >= 0.6 is 0 Å². The molecule has 9 heteroatoms. The molecular formula is C69H39F3N6. The van der Waals surface area contributed by atoms with Gasteiger partial charge in [-0.25, -0.2) is 0 Å². The number of hydrogen-bond donors (Lipinski definition) is 0. The minimum absolute atomic E-state index is 0.0696. The average Bonchev–Trinajstić information content (AvgIpc) is 4.42. The van der Waals surface area contributed by atoms with Crippen LogP contribution < -0.4 is 0 Å². The van der Waals surface area contributed by atoms with E-state index in [1.165, 1.54) is 12.1 Å². The molecule has 0 bridgehead atoms. The summed E-state index contributed by atoms with van der Waals surface area (Å²) in [4.78, 5) is 0. The highest BCUT2D eigenvalue weighted by atomic mass is 19.4. The molecule has 366 valence electrons. The summed E-state index contributed by atoms with van der Waals surface area (Å²) < 4.78 is 54.6. The molecule has 0 unspecified atom stereocenters. The van der Waals surface area contributed by atoms with Gasteiger partial charge >= 0.3 is 6.18 Å². The maximum absolute atomic E-state index is 15.2. The highest BCUT2D eigenvalue weighted by Gasteiger charge is 2.35. The summed E-state index contributed by atoms with van der Waals surface area (Å²) >= 11 is 0. The third-order valence-electron chi connectivity index (χ3n) is 15.6. The molecule has 4 heterocycles. The SMILES string of the molecule is N#Cc1ccc(-n2c3ccccc3c3cc(-n4c5ccccc5c5ccccc54)ccc32)c(-c2cc(-c3ccc(C#N)cc3C(F)(F)F)ccc2-n2c3ccccc3c3cc(-n4c5ccccc5c5ccccc54)ccc32)c1. The van der Waals surface area contributed by atoms with Crippen molar-refractivity contribution in [1.29, 1.82) is 10.5 Å². The van der Waals surface area contributed by atoms with Crippen molar-refractivity contribution in [1.82, 2.24) is 18.3 Å². The summed E-state index contributed by atoms with van der Waals surface area (Å²) in [6.07, 6.45) is -4.77. The standard InChI is InChI=1S/C69H39F3N6/c70-69(71,72)58-36-43(41-74)25-30-47(58)44-27-32-66(78-64-24-12-6-18-53(64)57-39-46(29-34-68(57)78)76-61-21-9-3-15-50(61)51-16-4-10-22-62(51)76)55(37-44)54-35-42(40-73)26-31-65(54)77-63-23-11-5-17-52(63)56-38-45(28-33-67(56)77)75-59-19-7-1-13-48(59)49-14-2-8-20-60(49)75/h1-39H. The summed E-state index contributed by atoms with van der Waals surface area (Å²) in [5.74, 6) is 0. The second-order valence-electron chi connectivity index (χ2n) is 19.8. The van der Waals surface area contributed by atoms with Gasteiger partial charge in [-0.1, -0.05) is 121 Å². The number of nitrogens with zero attached hydrogens (tertiary/aromatic N) is 6. The molecule has 11 aromatic carbocycles. The zero-order valence-electron chi connectivity index (χ0n) is 41.3. The van der Waals surface area contributed by atoms with Crippen LogP contribution in [0.15, 0.2) is 237 Å². The minimum atomic E-state index is -4.77. The third kappa shape index (κ3) is 6.62. The van der Waals surface area contributed by atoms with Gasteiger partial charge in [-0.3, -0.25) is 0 Å². The molecule has 0 N–H and O–H groups in total. The van der Waals surface area contributed by atoms with E-state index >= 15 is 13.2 Å². The van der Waals surface area contributed by atoms with Gasteiger partial charge in [0.05, 0.1) is 84.3 Å². The summed E-state index contributed by atoms with van der Waals surface area (Å²) in [6.45, 7) is 0. The molecule has 0 radical (unpaired) electrons. The van der Waals surface area contributed by atoms with E-state index in [4.69, 9.17) is 0 Å². The van der Waals surface area contributed by atoms with Crippen molar-refractivity contribution in [2.75, 3.05) is 0 Å². The van der Waals surface area contributed by atoms with Crippen LogP contribution in [0.3, 0.4) is 0 Å². The first kappa shape index (κ1) is 44.8. The molecule has 0 aliphatic carbocycles. The van der Waals surface area contributed by atoms with E-state index in [2.05, 4.69) is 182 Å². The van der Waals surface area contributed by atoms with Gasteiger partial charge in [-0.05, 0) is 126 Å². The van der Waals surface area contributed by atoms with Crippen LogP contribution in [0.2, 0.25) is 0 Å². The molecule has 0 atom stereocenters. The van der Waals surface area contributed by atoms with E-state index in [1.54, 1.807) is 12.1 Å². The fourth-order valence-electron chi connectivity index (χ4n) is 12.4. The molecule has 0 aliphatic rings. The molecule has 4 aromatic heterocycles. The lowest BCUT2D eigenvalue weighted by Crippen LogP contribution is -2.08. The molecule has 0 spiro atoms. The number of aromatic nitrogens is 4. The highest BCUT2D eigenvalue weighted by molar-refractivity contribution is 6.15. The number of benzene rings is 11. The first-order valence-corrected chi connectivity index (χ1v) is 25.6. The van der Waals surface area contributed by atoms with Gasteiger partial charge in [0.25, 0.3) is 0 Å². The lowest BCUT2D eigenvalue weighted by Gasteiger charge is -2.21. The van der Waals surface area contributed by atoms with Crippen LogP contribution in [-0.2, 0) is 6.18 Å². The van der Waals surface area contributed by atoms with E-state index in [-0.39, 0.29) is 11.1 Å². The van der Waals surface area contributed by atoms with Crippen molar-refractivity contribution in [3.05, 3.63) is 253 Å². The van der Waals surface area contributed by atoms with Crippen molar-refractivity contribution in [2.45, 2.75) is 6.18 Å². The maximum Gasteiger partial charge on any atom is 0.417 e. The Hall–Kier alpha value is -10.6. The second kappa shape index (κ2) is 17.0. The average molecular weight is 1010 g/mol. The van der Waals surface area contributed by atoms with Gasteiger partial charge in [-0.15, -0.1) is 0 Å². The first-order valence-electron chi connectivity index (χ1n) is 25.6. The van der Waals surface area contributed by atoms with Crippen LogP contribution in [0.4, 0.5) is 13.2 Å². The lowest BCUT2D eigenvalue weighted by atomic mass is 9.92. The molecule has 15 aromatic rings. The van der Waals surface area contributed by atoms with E-state index in [0.29, 0.717) is 27.9 Å². The van der Waals surface area contributed by atoms with Crippen molar-refractivity contribution in [3.63, 3.8) is 0 Å². The van der Waals surface area contributed by atoms with Gasteiger partial charge in [0, 0.05) is 65.6 Å². The number of halogens is 3. The van der Waals surface area contributed by atoms with Gasteiger partial charge in [0.2, 0.25) is 0 Å². The zero-order chi connectivity index (χ0) is 52.4. The Balaban J connectivity index is 1.01. The van der Waals surface area contributed by atoms with Gasteiger partial charge in [-0.2, -0.15) is 23.7 Å². The Bertz CT molecular complexity index is 5020. The fourth-order valence-corrected chi connectivity index (χ4v) is 12.4. The van der Waals surface area contributed by atoms with Gasteiger partial charge < -0.3 is 18.3 Å². The normalized spacial score (nSPS) is 12.0. The van der Waals surface area contributed by atoms with E-state index in [1.807, 2.05) is 54.6 Å². The van der Waals surface area contributed by atoms with Crippen LogP contribution in [0.1, 0.15) is 16.7 Å². The molecule has 6 nitrogen and oxygen atoms in total. The fraction of sp³-hybridized carbons (Fsp3) is 0.0145. The smallest absolute Gasteiger partial charge is 0.309 e. The summed E-state index contributed by atoms with van der Waals surface area (Å²) in [5, 5.41) is 29.1. The Morgan fingerprint density at radius 1 is 0.295 bits per heavy atom. The van der Waals surface area contributed by atoms with Crippen molar-refractivity contribution in [2.24, 2.45) is 0 Å². The number of fused-ring (bicyclic) bond motifs is 12. The highest BCUT2D eigenvalue weighted by Crippen LogP contribution is 2.46. The van der Waals surface area contributed by atoms with E-state index in [0.717, 1.165) is 110 Å². The predicted octanol–water partition coefficient (Wildman–Crippen LogP) is 18.2. The molecular weight excluding hydrogens is 970 g/mol. The van der Waals surface area contributed by atoms with Crippen LogP contribution in [0.5, 0.6) is 0 Å². The van der Waals surface area contributed by atoms with Gasteiger partial charge in [0.1, 0.15) is 0 Å². The Labute approximate surface area is 443 Å². The first-order chi connectivity index (χ1) is 38.2. The molecule has 0 fully saturated rings. The Morgan fingerprint density at radius 3 is 1.06 bits per heavy atom. The predicted molar refractivity (Wildman–Crippen MR) is 309 cm³/mol. The van der Waals surface area contributed by atoms with Crippen LogP contribution in [0, 0.1) is 22.7 Å². The lowest BCUT2D eigenvalue weighted by molar-refractivity contribution is -0.137. The molecule has 78 heavy (non-hydrogen) atoms. The summed E-state index contributed by atoms with van der Waals surface area (Å²) in [6, 6.07) is 82.2. The largest absolute Gasteiger partial charge is 0.417 e. The molecule has 0 aliphatic heterocycles. The Kier molecular flexibility index (Phi) is 9.75. The minimum Gasteiger partial charge on any atom is -0.309 e. The Morgan fingerprint density at radius 2 is 0.641 bits per heavy atom. The zero-order valence-corrected chi connectivity index (χ0v) is 41.3. The third-order valence-corrected chi connectivity index (χ3v) is 15.6. The van der Waals surface area contributed by atoms with Crippen LogP contribution in [0.25, 0.3) is 132 Å². The molecule has 0 amide bonds. The quantitative estimate of drug-likeness (QED) is 0.167. The second-order valence-corrected chi connectivity index (χ2v) is 19.8. The van der Waals surface area contributed by atoms with Gasteiger partial charge in [0.15, 0.2) is 0 Å². The van der Waals surface area contributed by atoms with Crippen molar-refractivity contribution in [3.8, 4) is 57.1 Å². The van der Waals surface area contributed by atoms with Crippen molar-refractivity contribution < 1.29 is 13.2 Å². The number of alkyl halides is 3. The number of nitriles is 2. The van der Waals surface area contributed by atoms with E-state index in [9.17, 15) is 10.5 Å². The van der Waals surface area contributed by atoms with Crippen LogP contribution in [-0.4, -0.2) is 18.3 Å². The van der Waals surface area contributed by atoms with Crippen molar-refractivity contribution >= 4 is 87.2 Å². The maximum atomic E-state index is 15.2. The molecule has 0 saturated heterocycles.